The van der Waals surface area contributed by atoms with Gasteiger partial charge in [0.25, 0.3) is 0 Å². The molecule has 9 heteroatoms. The normalized spacial score (nSPS) is 11.0. The number of hydrogen-bond acceptors (Lipinski definition) is 5. The van der Waals surface area contributed by atoms with Crippen molar-refractivity contribution in [3.05, 3.63) is 69.7 Å². The zero-order valence-corrected chi connectivity index (χ0v) is 15.4. The van der Waals surface area contributed by atoms with Crippen LogP contribution in [0.3, 0.4) is 0 Å². The van der Waals surface area contributed by atoms with Crippen LogP contribution in [0.4, 0.5) is 14.9 Å². The first-order valence-corrected chi connectivity index (χ1v) is 8.39. The third-order valence-electron chi connectivity index (χ3n) is 3.50. The third kappa shape index (κ3) is 4.45. The van der Waals surface area contributed by atoms with Crippen LogP contribution in [0.5, 0.6) is 0 Å². The molecule has 0 aliphatic rings. The van der Waals surface area contributed by atoms with Crippen LogP contribution in [0.2, 0.25) is 10.0 Å². The van der Waals surface area contributed by atoms with Gasteiger partial charge in [-0.15, -0.1) is 0 Å². The molecule has 0 aliphatic heterocycles. The number of aromatic nitrogens is 1. The van der Waals surface area contributed by atoms with Gasteiger partial charge in [-0.3, -0.25) is 10.2 Å². The van der Waals surface area contributed by atoms with Crippen molar-refractivity contribution in [3.63, 3.8) is 0 Å². The summed E-state index contributed by atoms with van der Waals surface area (Å²) in [4.78, 5) is 16.8. The second-order valence-electron chi connectivity index (χ2n) is 5.35. The number of anilines is 1. The summed E-state index contributed by atoms with van der Waals surface area (Å²) in [5, 5.41) is 10.7. The summed E-state index contributed by atoms with van der Waals surface area (Å²) in [5.41, 5.74) is 1.51. The predicted octanol–water partition coefficient (Wildman–Crippen LogP) is 5.68. The SMILES string of the molecule is Cc1onc(-c2c(Cl)cccc2Cl)c1NC(=O)O/N=C/c1ccc(F)cc1. The van der Waals surface area contributed by atoms with Gasteiger partial charge in [-0.2, -0.15) is 0 Å². The van der Waals surface area contributed by atoms with Crippen LogP contribution in [-0.2, 0) is 4.84 Å². The number of oxime groups is 1. The van der Waals surface area contributed by atoms with E-state index in [1.807, 2.05) is 0 Å². The van der Waals surface area contributed by atoms with Gasteiger partial charge in [0, 0.05) is 5.56 Å². The Labute approximate surface area is 163 Å². The van der Waals surface area contributed by atoms with Crippen molar-refractivity contribution in [1.82, 2.24) is 5.16 Å². The smallest absolute Gasteiger partial charge is 0.359 e. The maximum Gasteiger partial charge on any atom is 0.438 e. The third-order valence-corrected chi connectivity index (χ3v) is 4.13. The van der Waals surface area contributed by atoms with Crippen LogP contribution >= 0.6 is 23.2 Å². The molecule has 0 spiro atoms. The van der Waals surface area contributed by atoms with Gasteiger partial charge in [-0.1, -0.05) is 51.7 Å². The number of nitrogens with one attached hydrogen (secondary N) is 1. The summed E-state index contributed by atoms with van der Waals surface area (Å²) in [7, 11) is 0. The van der Waals surface area contributed by atoms with E-state index in [-0.39, 0.29) is 17.2 Å². The topological polar surface area (TPSA) is 76.7 Å². The van der Waals surface area contributed by atoms with Gasteiger partial charge in [-0.05, 0) is 36.8 Å². The van der Waals surface area contributed by atoms with Crippen LogP contribution in [-0.4, -0.2) is 17.5 Å². The van der Waals surface area contributed by atoms with Crippen molar-refractivity contribution >= 4 is 41.2 Å². The summed E-state index contributed by atoms with van der Waals surface area (Å²) in [6, 6.07) is 10.5. The first-order valence-electron chi connectivity index (χ1n) is 7.63. The molecule has 0 radical (unpaired) electrons. The lowest BCUT2D eigenvalue weighted by atomic mass is 10.1. The fourth-order valence-corrected chi connectivity index (χ4v) is 2.80. The number of benzene rings is 2. The van der Waals surface area contributed by atoms with Crippen molar-refractivity contribution in [2.75, 3.05) is 5.32 Å². The molecular formula is C18H12Cl2FN3O3. The Morgan fingerprint density at radius 2 is 1.89 bits per heavy atom. The molecular weight excluding hydrogens is 396 g/mol. The fourth-order valence-electron chi connectivity index (χ4n) is 2.22. The van der Waals surface area contributed by atoms with Crippen LogP contribution < -0.4 is 5.32 Å². The van der Waals surface area contributed by atoms with Gasteiger partial charge in [0.05, 0.1) is 16.3 Å². The maximum atomic E-state index is 12.8. The number of aryl methyl sites for hydroxylation is 1. The molecule has 1 aromatic heterocycles. The van der Waals surface area contributed by atoms with E-state index >= 15 is 0 Å². The number of nitrogens with zero attached hydrogens (tertiary/aromatic N) is 2. The Hall–Kier alpha value is -2.90. The second-order valence-corrected chi connectivity index (χ2v) is 6.16. The molecule has 27 heavy (non-hydrogen) atoms. The lowest BCUT2D eigenvalue weighted by Crippen LogP contribution is -2.12. The number of carbonyl (C=O) groups is 1. The first kappa shape index (κ1) is 18.9. The average molecular weight is 408 g/mol. The zero-order chi connectivity index (χ0) is 19.4. The summed E-state index contributed by atoms with van der Waals surface area (Å²) in [6.45, 7) is 1.61. The van der Waals surface area contributed by atoms with E-state index in [0.717, 1.165) is 0 Å². The largest absolute Gasteiger partial charge is 0.438 e. The van der Waals surface area contributed by atoms with Crippen LogP contribution in [0.15, 0.2) is 52.1 Å². The molecule has 3 aromatic rings. The van der Waals surface area contributed by atoms with Gasteiger partial charge in [-0.25, -0.2) is 9.18 Å². The van der Waals surface area contributed by atoms with Crippen molar-refractivity contribution in [2.45, 2.75) is 6.92 Å². The van der Waals surface area contributed by atoms with Crippen LogP contribution in [0.25, 0.3) is 11.3 Å². The molecule has 138 valence electrons. The number of halogens is 3. The van der Waals surface area contributed by atoms with Crippen LogP contribution in [0, 0.1) is 12.7 Å². The van der Waals surface area contributed by atoms with E-state index in [0.29, 0.717) is 26.9 Å². The highest BCUT2D eigenvalue weighted by molar-refractivity contribution is 6.39. The Morgan fingerprint density at radius 1 is 1.22 bits per heavy atom. The zero-order valence-electron chi connectivity index (χ0n) is 13.9. The van der Waals surface area contributed by atoms with Gasteiger partial charge in [0.2, 0.25) is 0 Å². The van der Waals surface area contributed by atoms with Crippen LogP contribution in [0.1, 0.15) is 11.3 Å². The van der Waals surface area contributed by atoms with E-state index in [1.165, 1.54) is 30.5 Å². The van der Waals surface area contributed by atoms with Crippen molar-refractivity contribution in [1.29, 1.82) is 0 Å². The highest BCUT2D eigenvalue weighted by Crippen LogP contribution is 2.39. The average Bonchev–Trinajstić information content (AvgIpc) is 2.97. The number of hydrogen-bond donors (Lipinski definition) is 1. The minimum Gasteiger partial charge on any atom is -0.359 e. The molecule has 2 aromatic carbocycles. The van der Waals surface area contributed by atoms with Gasteiger partial charge in [0.1, 0.15) is 17.2 Å². The van der Waals surface area contributed by atoms with Gasteiger partial charge >= 0.3 is 6.09 Å². The quantitative estimate of drug-likeness (QED) is 0.342. The minimum atomic E-state index is -0.871. The van der Waals surface area contributed by atoms with Crippen molar-refractivity contribution < 1.29 is 18.5 Å². The van der Waals surface area contributed by atoms with Crippen molar-refractivity contribution in [2.24, 2.45) is 5.16 Å². The Kier molecular flexibility index (Phi) is 5.73. The minimum absolute atomic E-state index is 0.256. The summed E-state index contributed by atoms with van der Waals surface area (Å²) in [6.07, 6.45) is 0.398. The lowest BCUT2D eigenvalue weighted by molar-refractivity contribution is 0.167. The molecule has 0 saturated heterocycles. The maximum absolute atomic E-state index is 12.8. The molecule has 6 nitrogen and oxygen atoms in total. The molecule has 3 rings (SSSR count). The molecule has 1 N–H and O–H groups in total. The highest BCUT2D eigenvalue weighted by Gasteiger charge is 2.21. The number of rotatable bonds is 4. The number of carbonyl (C=O) groups excluding carboxylic acids is 1. The van der Waals surface area contributed by atoms with E-state index in [4.69, 9.17) is 32.6 Å². The van der Waals surface area contributed by atoms with E-state index in [9.17, 15) is 9.18 Å². The molecule has 0 fully saturated rings. The Balaban J connectivity index is 1.75. The highest BCUT2D eigenvalue weighted by atomic mass is 35.5. The molecule has 1 heterocycles. The standard InChI is InChI=1S/C18H12Cl2FN3O3/c1-10-16(17(24-26-10)15-13(19)3-2-4-14(15)20)23-18(25)27-22-9-11-5-7-12(21)8-6-11/h2-9H,1H3,(H,23,25)/b22-9+. The molecule has 0 aliphatic carbocycles. The molecule has 0 atom stereocenters. The molecule has 0 saturated carbocycles. The Morgan fingerprint density at radius 3 is 2.56 bits per heavy atom. The first-order chi connectivity index (χ1) is 13.0. The van der Waals surface area contributed by atoms with Crippen molar-refractivity contribution in [3.8, 4) is 11.3 Å². The van der Waals surface area contributed by atoms with E-state index in [1.54, 1.807) is 25.1 Å². The summed E-state index contributed by atoms with van der Waals surface area (Å²) >= 11 is 12.4. The summed E-state index contributed by atoms with van der Waals surface area (Å²) in [5.74, 6) is -0.0417. The fraction of sp³-hybridized carbons (Fsp3) is 0.0556. The van der Waals surface area contributed by atoms with E-state index < -0.39 is 6.09 Å². The second kappa shape index (κ2) is 8.20. The molecule has 1 amide bonds. The lowest BCUT2D eigenvalue weighted by Gasteiger charge is -2.07. The van der Waals surface area contributed by atoms with Gasteiger partial charge < -0.3 is 4.52 Å². The molecule has 0 bridgehead atoms. The number of amides is 1. The summed E-state index contributed by atoms with van der Waals surface area (Å²) < 4.78 is 18.0. The van der Waals surface area contributed by atoms with Gasteiger partial charge in [0.15, 0.2) is 5.76 Å². The Bertz CT molecular complexity index is 983. The molecule has 0 unspecified atom stereocenters. The monoisotopic (exact) mass is 407 g/mol. The van der Waals surface area contributed by atoms with E-state index in [2.05, 4.69) is 15.6 Å². The predicted molar refractivity (Wildman–Crippen MR) is 101 cm³/mol.